The Kier molecular flexibility index (Phi) is 6.92. The van der Waals surface area contributed by atoms with Gasteiger partial charge in [0.25, 0.3) is 0 Å². The molecule has 3 aliphatic rings. The topological polar surface area (TPSA) is 47.1 Å². The van der Waals surface area contributed by atoms with Crippen molar-refractivity contribution in [2.75, 3.05) is 52.4 Å². The van der Waals surface area contributed by atoms with Gasteiger partial charge >= 0.3 is 0 Å². The van der Waals surface area contributed by atoms with Gasteiger partial charge in [0.1, 0.15) is 0 Å². The molecule has 0 aromatic rings. The average Bonchev–Trinajstić information content (AvgIpc) is 2.65. The number of piperazine rings is 1. The maximum absolute atomic E-state index is 12.6. The monoisotopic (exact) mass is 364 g/mol. The molecule has 0 aromatic carbocycles. The lowest BCUT2D eigenvalue weighted by atomic mass is 10.0. The summed E-state index contributed by atoms with van der Waals surface area (Å²) in [5.41, 5.74) is 0. The smallest absolute Gasteiger partial charge is 0.236 e. The first-order valence-corrected chi connectivity index (χ1v) is 10.6. The molecule has 0 aromatic heterocycles. The number of carbonyl (C=O) groups excluding carboxylic acids is 2. The van der Waals surface area contributed by atoms with E-state index in [9.17, 15) is 9.59 Å². The highest BCUT2D eigenvalue weighted by molar-refractivity contribution is 5.80. The summed E-state index contributed by atoms with van der Waals surface area (Å²) in [6, 6.07) is 1.03. The first-order valence-electron chi connectivity index (χ1n) is 10.6. The van der Waals surface area contributed by atoms with Crippen LogP contribution in [0.3, 0.4) is 0 Å². The zero-order valence-corrected chi connectivity index (χ0v) is 16.7. The van der Waals surface area contributed by atoms with E-state index in [1.54, 1.807) is 0 Å². The molecule has 0 radical (unpaired) electrons. The van der Waals surface area contributed by atoms with Crippen LogP contribution in [0.1, 0.15) is 52.4 Å². The van der Waals surface area contributed by atoms with Crippen molar-refractivity contribution >= 4 is 11.8 Å². The summed E-state index contributed by atoms with van der Waals surface area (Å²) in [5, 5.41) is 0. The second kappa shape index (κ2) is 9.18. The van der Waals surface area contributed by atoms with E-state index < -0.39 is 0 Å². The summed E-state index contributed by atoms with van der Waals surface area (Å²) in [4.78, 5) is 33.8. The molecule has 2 amide bonds. The SMILES string of the molecule is CC1CCCCN1CC(=O)N1CCN(C(=O)CN2CCCCC2C)CC1. The van der Waals surface area contributed by atoms with Crippen LogP contribution in [0.25, 0.3) is 0 Å². The van der Waals surface area contributed by atoms with Gasteiger partial charge < -0.3 is 9.80 Å². The molecule has 148 valence electrons. The minimum atomic E-state index is 0.232. The summed E-state index contributed by atoms with van der Waals surface area (Å²) >= 11 is 0. The third kappa shape index (κ3) is 4.97. The molecule has 2 unspecified atom stereocenters. The van der Waals surface area contributed by atoms with E-state index >= 15 is 0 Å². The molecule has 2 atom stereocenters. The molecular formula is C20H36N4O2. The molecule has 0 spiro atoms. The van der Waals surface area contributed by atoms with Gasteiger partial charge in [-0.1, -0.05) is 12.8 Å². The Balaban J connectivity index is 1.41. The highest BCUT2D eigenvalue weighted by Crippen LogP contribution is 2.18. The number of amides is 2. The molecular weight excluding hydrogens is 328 g/mol. The second-order valence-corrected chi connectivity index (χ2v) is 8.39. The van der Waals surface area contributed by atoms with Crippen molar-refractivity contribution < 1.29 is 9.59 Å². The Morgan fingerprint density at radius 1 is 0.654 bits per heavy atom. The second-order valence-electron chi connectivity index (χ2n) is 8.39. The Labute approximate surface area is 158 Å². The van der Waals surface area contributed by atoms with Crippen molar-refractivity contribution in [3.05, 3.63) is 0 Å². The predicted molar refractivity (Wildman–Crippen MR) is 103 cm³/mol. The largest absolute Gasteiger partial charge is 0.338 e. The summed E-state index contributed by atoms with van der Waals surface area (Å²) in [7, 11) is 0. The van der Waals surface area contributed by atoms with E-state index in [-0.39, 0.29) is 11.8 Å². The minimum Gasteiger partial charge on any atom is -0.338 e. The van der Waals surface area contributed by atoms with Crippen molar-refractivity contribution in [2.45, 2.75) is 64.5 Å². The number of piperidine rings is 2. The van der Waals surface area contributed by atoms with Crippen LogP contribution in [0, 0.1) is 0 Å². The zero-order valence-electron chi connectivity index (χ0n) is 16.7. The number of carbonyl (C=O) groups is 2. The Bertz CT molecular complexity index is 446. The van der Waals surface area contributed by atoms with Gasteiger partial charge in [-0.25, -0.2) is 0 Å². The molecule has 0 N–H and O–H groups in total. The summed E-state index contributed by atoms with van der Waals surface area (Å²) in [5.74, 6) is 0.464. The first-order chi connectivity index (χ1) is 12.5. The highest BCUT2D eigenvalue weighted by Gasteiger charge is 2.29. The lowest BCUT2D eigenvalue weighted by Gasteiger charge is -2.39. The number of nitrogens with zero attached hydrogens (tertiary/aromatic N) is 4. The third-order valence-corrected chi connectivity index (χ3v) is 6.54. The van der Waals surface area contributed by atoms with E-state index in [0.29, 0.717) is 51.4 Å². The quantitative estimate of drug-likeness (QED) is 0.757. The molecule has 0 aliphatic carbocycles. The van der Waals surface area contributed by atoms with Gasteiger partial charge in [-0.2, -0.15) is 0 Å². The van der Waals surface area contributed by atoms with Crippen LogP contribution in [0.5, 0.6) is 0 Å². The number of rotatable bonds is 4. The van der Waals surface area contributed by atoms with E-state index in [4.69, 9.17) is 0 Å². The van der Waals surface area contributed by atoms with Crippen molar-refractivity contribution in [3.63, 3.8) is 0 Å². The van der Waals surface area contributed by atoms with Crippen LogP contribution < -0.4 is 0 Å². The fourth-order valence-electron chi connectivity index (χ4n) is 4.54. The Hall–Kier alpha value is -1.14. The third-order valence-electron chi connectivity index (χ3n) is 6.54. The average molecular weight is 365 g/mol. The maximum atomic E-state index is 12.6. The molecule has 3 heterocycles. The fourth-order valence-corrected chi connectivity index (χ4v) is 4.54. The van der Waals surface area contributed by atoms with Crippen molar-refractivity contribution in [2.24, 2.45) is 0 Å². The highest BCUT2D eigenvalue weighted by atomic mass is 16.2. The number of hydrogen-bond donors (Lipinski definition) is 0. The molecule has 6 nitrogen and oxygen atoms in total. The van der Waals surface area contributed by atoms with Gasteiger partial charge in [0.05, 0.1) is 13.1 Å². The lowest BCUT2D eigenvalue weighted by Crippen LogP contribution is -2.55. The molecule has 0 saturated carbocycles. The summed E-state index contributed by atoms with van der Waals surface area (Å²) < 4.78 is 0. The van der Waals surface area contributed by atoms with E-state index in [0.717, 1.165) is 13.1 Å². The van der Waals surface area contributed by atoms with Gasteiger partial charge in [-0.3, -0.25) is 19.4 Å². The molecule has 3 saturated heterocycles. The lowest BCUT2D eigenvalue weighted by molar-refractivity contribution is -0.141. The van der Waals surface area contributed by atoms with E-state index in [2.05, 4.69) is 23.6 Å². The van der Waals surface area contributed by atoms with Gasteiger partial charge in [-0.05, 0) is 52.6 Å². The Morgan fingerprint density at radius 3 is 1.38 bits per heavy atom. The normalized spacial score (nSPS) is 29.0. The molecule has 6 heteroatoms. The first kappa shape index (κ1) is 19.6. The minimum absolute atomic E-state index is 0.232. The zero-order chi connectivity index (χ0) is 18.5. The van der Waals surface area contributed by atoms with Crippen LogP contribution in [0.2, 0.25) is 0 Å². The predicted octanol–water partition coefficient (Wildman–Crippen LogP) is 1.41. The number of likely N-dealkylation sites (tertiary alicyclic amines) is 2. The molecule has 3 fully saturated rings. The molecule has 3 aliphatic heterocycles. The van der Waals surface area contributed by atoms with Crippen LogP contribution in [0.4, 0.5) is 0 Å². The number of hydrogen-bond acceptors (Lipinski definition) is 4. The fraction of sp³-hybridized carbons (Fsp3) is 0.900. The van der Waals surface area contributed by atoms with Crippen LogP contribution in [-0.4, -0.2) is 95.9 Å². The molecule has 3 rings (SSSR count). The molecule has 26 heavy (non-hydrogen) atoms. The van der Waals surface area contributed by atoms with E-state index in [1.807, 2.05) is 9.80 Å². The summed E-state index contributed by atoms with van der Waals surface area (Å²) in [6.07, 6.45) is 7.36. The van der Waals surface area contributed by atoms with Crippen molar-refractivity contribution in [1.29, 1.82) is 0 Å². The molecule has 0 bridgehead atoms. The van der Waals surface area contributed by atoms with Gasteiger partial charge in [-0.15, -0.1) is 0 Å². The van der Waals surface area contributed by atoms with Gasteiger partial charge in [0.15, 0.2) is 0 Å². The van der Waals surface area contributed by atoms with Crippen LogP contribution >= 0.6 is 0 Å². The van der Waals surface area contributed by atoms with Crippen molar-refractivity contribution in [1.82, 2.24) is 19.6 Å². The maximum Gasteiger partial charge on any atom is 0.236 e. The Morgan fingerprint density at radius 2 is 1.04 bits per heavy atom. The van der Waals surface area contributed by atoms with Crippen LogP contribution in [-0.2, 0) is 9.59 Å². The van der Waals surface area contributed by atoms with Crippen molar-refractivity contribution in [3.8, 4) is 0 Å². The standard InChI is InChI=1S/C20H36N4O2/c1-17-7-3-5-9-23(17)15-19(25)21-11-13-22(14-12-21)20(26)16-24-10-6-4-8-18(24)2/h17-18H,3-16H2,1-2H3. The van der Waals surface area contributed by atoms with Gasteiger partial charge in [0.2, 0.25) is 11.8 Å². The van der Waals surface area contributed by atoms with Crippen LogP contribution in [0.15, 0.2) is 0 Å². The van der Waals surface area contributed by atoms with E-state index in [1.165, 1.54) is 38.5 Å². The summed E-state index contributed by atoms with van der Waals surface area (Å²) in [6.45, 7) is 10.4. The van der Waals surface area contributed by atoms with Gasteiger partial charge in [0, 0.05) is 38.3 Å².